The van der Waals surface area contributed by atoms with Crippen molar-refractivity contribution in [3.63, 3.8) is 0 Å². The van der Waals surface area contributed by atoms with Crippen molar-refractivity contribution in [1.29, 1.82) is 0 Å². The molecule has 144 valence electrons. The SMILES string of the molecule is C=CCN(c1ccc(Cl)c(C(F)(F)F)c1)S(=O)(=O)c1ccc([N+](=O)[O-])cc1. The van der Waals surface area contributed by atoms with E-state index in [9.17, 15) is 31.7 Å². The highest BCUT2D eigenvalue weighted by Crippen LogP contribution is 2.38. The first-order valence-electron chi connectivity index (χ1n) is 7.23. The summed E-state index contributed by atoms with van der Waals surface area (Å²) < 4.78 is 65.6. The quantitative estimate of drug-likeness (QED) is 0.387. The maximum atomic E-state index is 13.1. The molecular formula is C16H12ClF3N2O4S. The summed E-state index contributed by atoms with van der Waals surface area (Å²) in [7, 11) is -4.30. The molecule has 2 aromatic rings. The average Bonchev–Trinajstić information content (AvgIpc) is 2.59. The van der Waals surface area contributed by atoms with E-state index in [2.05, 4.69) is 6.58 Å². The van der Waals surface area contributed by atoms with Crippen molar-refractivity contribution >= 4 is 33.0 Å². The second-order valence-corrected chi connectivity index (χ2v) is 7.51. The first-order valence-corrected chi connectivity index (χ1v) is 9.05. The first kappa shape index (κ1) is 20.7. The number of anilines is 1. The predicted molar refractivity (Wildman–Crippen MR) is 94.3 cm³/mol. The lowest BCUT2D eigenvalue weighted by Crippen LogP contribution is -2.31. The van der Waals surface area contributed by atoms with Crippen molar-refractivity contribution in [2.75, 3.05) is 10.8 Å². The van der Waals surface area contributed by atoms with E-state index in [0.717, 1.165) is 36.4 Å². The molecule has 27 heavy (non-hydrogen) atoms. The van der Waals surface area contributed by atoms with E-state index in [1.165, 1.54) is 6.08 Å². The van der Waals surface area contributed by atoms with Crippen LogP contribution in [0.1, 0.15) is 5.56 Å². The minimum absolute atomic E-state index is 0.273. The highest BCUT2D eigenvalue weighted by atomic mass is 35.5. The third-order valence-corrected chi connectivity index (χ3v) is 5.61. The van der Waals surface area contributed by atoms with Gasteiger partial charge in [0.25, 0.3) is 15.7 Å². The number of benzene rings is 2. The highest BCUT2D eigenvalue weighted by molar-refractivity contribution is 7.92. The van der Waals surface area contributed by atoms with Gasteiger partial charge < -0.3 is 0 Å². The molecule has 0 aliphatic rings. The summed E-state index contributed by atoms with van der Waals surface area (Å²) in [6, 6.07) is 6.68. The Kier molecular flexibility index (Phi) is 5.81. The van der Waals surface area contributed by atoms with Crippen LogP contribution in [0.3, 0.4) is 0 Å². The number of rotatable bonds is 6. The molecule has 0 atom stereocenters. The highest BCUT2D eigenvalue weighted by Gasteiger charge is 2.35. The van der Waals surface area contributed by atoms with Gasteiger partial charge >= 0.3 is 6.18 Å². The molecule has 0 bridgehead atoms. The Labute approximate surface area is 157 Å². The maximum absolute atomic E-state index is 13.1. The molecule has 2 rings (SSSR count). The molecule has 0 fully saturated rings. The zero-order valence-electron chi connectivity index (χ0n) is 13.5. The summed E-state index contributed by atoms with van der Waals surface area (Å²) in [5, 5.41) is 10.1. The lowest BCUT2D eigenvalue weighted by molar-refractivity contribution is -0.384. The monoisotopic (exact) mass is 420 g/mol. The van der Waals surface area contributed by atoms with Gasteiger partial charge in [-0.05, 0) is 30.3 Å². The van der Waals surface area contributed by atoms with Crippen LogP contribution in [0.25, 0.3) is 0 Å². The molecule has 0 saturated carbocycles. The Morgan fingerprint density at radius 3 is 2.26 bits per heavy atom. The van der Waals surface area contributed by atoms with Crippen LogP contribution >= 0.6 is 11.6 Å². The molecule has 11 heteroatoms. The Hall–Kier alpha value is -2.59. The van der Waals surface area contributed by atoms with Crippen LogP contribution in [-0.4, -0.2) is 19.9 Å². The van der Waals surface area contributed by atoms with Crippen LogP contribution in [0.2, 0.25) is 5.02 Å². The number of hydrogen-bond donors (Lipinski definition) is 0. The van der Waals surface area contributed by atoms with E-state index in [1.807, 2.05) is 0 Å². The second kappa shape index (κ2) is 7.57. The number of nitro groups is 1. The minimum atomic E-state index is -4.77. The number of nitrogens with zero attached hydrogens (tertiary/aromatic N) is 2. The van der Waals surface area contributed by atoms with E-state index in [1.54, 1.807) is 0 Å². The number of alkyl halides is 3. The van der Waals surface area contributed by atoms with E-state index in [4.69, 9.17) is 11.6 Å². The molecule has 0 saturated heterocycles. The molecule has 6 nitrogen and oxygen atoms in total. The Morgan fingerprint density at radius 2 is 1.78 bits per heavy atom. The third-order valence-electron chi connectivity index (χ3n) is 3.47. The maximum Gasteiger partial charge on any atom is 0.417 e. The summed E-state index contributed by atoms with van der Waals surface area (Å²) in [6.07, 6.45) is -3.57. The standard InChI is InChI=1S/C16H12ClF3N2O4S/c1-2-9-21(12-5-8-15(17)14(10-12)16(18,19)20)27(25,26)13-6-3-11(4-7-13)22(23)24/h2-8,10H,1,9H2. The number of non-ortho nitro benzene ring substituents is 1. The van der Waals surface area contributed by atoms with Crippen molar-refractivity contribution < 1.29 is 26.5 Å². The smallest absolute Gasteiger partial charge is 0.263 e. The first-order chi connectivity index (χ1) is 12.5. The van der Waals surface area contributed by atoms with Gasteiger partial charge in [0.2, 0.25) is 0 Å². The molecule has 0 N–H and O–H groups in total. The third kappa shape index (κ3) is 4.40. The van der Waals surface area contributed by atoms with Gasteiger partial charge in [0.1, 0.15) is 0 Å². The van der Waals surface area contributed by atoms with Crippen LogP contribution in [0.4, 0.5) is 24.5 Å². The lowest BCUT2D eigenvalue weighted by Gasteiger charge is -2.24. The van der Waals surface area contributed by atoms with Gasteiger partial charge in [-0.3, -0.25) is 14.4 Å². The Bertz CT molecular complexity index is 976. The summed E-state index contributed by atoms with van der Waals surface area (Å²) in [4.78, 5) is 9.67. The molecule has 0 heterocycles. The number of sulfonamides is 1. The molecule has 2 aromatic carbocycles. The number of halogens is 4. The average molecular weight is 421 g/mol. The second-order valence-electron chi connectivity index (χ2n) is 5.24. The van der Waals surface area contributed by atoms with Crippen LogP contribution < -0.4 is 4.31 Å². The van der Waals surface area contributed by atoms with Crippen molar-refractivity contribution in [2.24, 2.45) is 0 Å². The van der Waals surface area contributed by atoms with Crippen LogP contribution in [0, 0.1) is 10.1 Å². The lowest BCUT2D eigenvalue weighted by atomic mass is 10.2. The Morgan fingerprint density at radius 1 is 1.19 bits per heavy atom. The number of nitro benzene ring substituents is 1. The largest absolute Gasteiger partial charge is 0.417 e. The van der Waals surface area contributed by atoms with Gasteiger partial charge in [0.15, 0.2) is 0 Å². The zero-order chi connectivity index (χ0) is 20.4. The molecule has 0 amide bonds. The molecule has 0 aromatic heterocycles. The fourth-order valence-electron chi connectivity index (χ4n) is 2.21. The summed E-state index contributed by atoms with van der Waals surface area (Å²) in [5.41, 5.74) is -1.78. The molecule has 0 spiro atoms. The normalized spacial score (nSPS) is 11.9. The van der Waals surface area contributed by atoms with Gasteiger partial charge in [0, 0.05) is 12.1 Å². The van der Waals surface area contributed by atoms with Crippen molar-refractivity contribution in [3.05, 3.63) is 75.8 Å². The van der Waals surface area contributed by atoms with Crippen molar-refractivity contribution in [2.45, 2.75) is 11.1 Å². The summed E-state index contributed by atoms with van der Waals surface area (Å²) >= 11 is 5.57. The van der Waals surface area contributed by atoms with Gasteiger partial charge in [-0.1, -0.05) is 17.7 Å². The summed E-state index contributed by atoms with van der Waals surface area (Å²) in [5.74, 6) is 0. The summed E-state index contributed by atoms with van der Waals surface area (Å²) in [6.45, 7) is 3.09. The molecule has 0 radical (unpaired) electrons. The zero-order valence-corrected chi connectivity index (χ0v) is 15.1. The topological polar surface area (TPSA) is 80.5 Å². The minimum Gasteiger partial charge on any atom is -0.263 e. The molecule has 0 unspecified atom stereocenters. The predicted octanol–water partition coefficient (Wildman–Crippen LogP) is 4.65. The fourth-order valence-corrected chi connectivity index (χ4v) is 3.86. The fraction of sp³-hybridized carbons (Fsp3) is 0.125. The van der Waals surface area contributed by atoms with Gasteiger partial charge in [-0.2, -0.15) is 13.2 Å². The van der Waals surface area contributed by atoms with Crippen LogP contribution in [0.5, 0.6) is 0 Å². The van der Waals surface area contributed by atoms with Crippen molar-refractivity contribution in [1.82, 2.24) is 0 Å². The van der Waals surface area contributed by atoms with E-state index in [0.29, 0.717) is 10.4 Å². The van der Waals surface area contributed by atoms with E-state index in [-0.39, 0.29) is 22.8 Å². The van der Waals surface area contributed by atoms with Crippen LogP contribution in [-0.2, 0) is 16.2 Å². The van der Waals surface area contributed by atoms with E-state index >= 15 is 0 Å². The molecule has 0 aliphatic heterocycles. The van der Waals surface area contributed by atoms with Crippen LogP contribution in [0.15, 0.2) is 60.0 Å². The molecular weight excluding hydrogens is 409 g/mol. The van der Waals surface area contributed by atoms with Gasteiger partial charge in [-0.15, -0.1) is 6.58 Å². The molecule has 0 aliphatic carbocycles. The van der Waals surface area contributed by atoms with E-state index < -0.39 is 31.7 Å². The Balaban J connectivity index is 2.56. The number of hydrogen-bond acceptors (Lipinski definition) is 4. The van der Waals surface area contributed by atoms with Gasteiger partial charge in [-0.25, -0.2) is 8.42 Å². The van der Waals surface area contributed by atoms with Gasteiger partial charge in [0.05, 0.1) is 32.6 Å². The van der Waals surface area contributed by atoms with Crippen molar-refractivity contribution in [3.8, 4) is 0 Å².